The first-order valence-electron chi connectivity index (χ1n) is 10.8. The summed E-state index contributed by atoms with van der Waals surface area (Å²) in [7, 11) is 0. The quantitative estimate of drug-likeness (QED) is 0.681. The number of nitrogens with zero attached hydrogens (tertiary/aromatic N) is 5. The summed E-state index contributed by atoms with van der Waals surface area (Å²) in [6.07, 6.45) is 5.47. The van der Waals surface area contributed by atoms with Gasteiger partial charge in [-0.05, 0) is 57.0 Å². The number of fused-ring (bicyclic) bond motifs is 1. The fourth-order valence-electron chi connectivity index (χ4n) is 4.00. The second-order valence-electron chi connectivity index (χ2n) is 8.24. The number of aromatic nitrogens is 4. The van der Waals surface area contributed by atoms with E-state index in [9.17, 15) is 4.79 Å². The van der Waals surface area contributed by atoms with Crippen LogP contribution in [0.3, 0.4) is 0 Å². The van der Waals surface area contributed by atoms with Gasteiger partial charge in [-0.15, -0.1) is 5.10 Å². The van der Waals surface area contributed by atoms with E-state index in [1.807, 2.05) is 19.9 Å². The number of rotatable bonds is 6. The molecular formula is C23H30N6O. The van der Waals surface area contributed by atoms with Crippen LogP contribution in [0.2, 0.25) is 0 Å². The van der Waals surface area contributed by atoms with Crippen molar-refractivity contribution in [2.45, 2.75) is 59.0 Å². The molecule has 30 heavy (non-hydrogen) atoms. The minimum Gasteiger partial charge on any atom is -0.352 e. The van der Waals surface area contributed by atoms with E-state index in [0.29, 0.717) is 18.1 Å². The maximum absolute atomic E-state index is 12.3. The zero-order valence-electron chi connectivity index (χ0n) is 17.9. The zero-order valence-corrected chi connectivity index (χ0v) is 17.9. The van der Waals surface area contributed by atoms with Crippen LogP contribution in [0.1, 0.15) is 54.0 Å². The van der Waals surface area contributed by atoms with Gasteiger partial charge < -0.3 is 5.32 Å². The molecule has 7 nitrogen and oxygen atoms in total. The molecule has 2 aromatic heterocycles. The minimum absolute atomic E-state index is 0.0890. The van der Waals surface area contributed by atoms with Crippen LogP contribution < -0.4 is 5.32 Å². The lowest BCUT2D eigenvalue weighted by molar-refractivity contribution is -0.120. The number of nitrogens with one attached hydrogen (secondary N) is 1. The molecule has 3 heterocycles. The highest BCUT2D eigenvalue weighted by molar-refractivity contribution is 5.77. The van der Waals surface area contributed by atoms with Crippen molar-refractivity contribution in [2.75, 3.05) is 13.1 Å². The molecule has 0 aliphatic carbocycles. The lowest BCUT2D eigenvalue weighted by atomic mass is 10.1. The molecule has 1 aliphatic heterocycles. The Kier molecular flexibility index (Phi) is 6.38. The molecule has 0 atom stereocenters. The summed E-state index contributed by atoms with van der Waals surface area (Å²) in [5.41, 5.74) is 4.28. The number of aryl methyl sites for hydroxylation is 2. The van der Waals surface area contributed by atoms with Gasteiger partial charge in [0, 0.05) is 24.5 Å². The summed E-state index contributed by atoms with van der Waals surface area (Å²) < 4.78 is 1.68. The largest absolute Gasteiger partial charge is 0.352 e. The van der Waals surface area contributed by atoms with Gasteiger partial charge in [0.25, 0.3) is 5.78 Å². The molecule has 4 rings (SSSR count). The number of carbonyl (C=O) groups excluding carboxylic acids is 1. The van der Waals surface area contributed by atoms with Crippen LogP contribution in [0.5, 0.6) is 0 Å². The monoisotopic (exact) mass is 406 g/mol. The summed E-state index contributed by atoms with van der Waals surface area (Å²) in [5, 5.41) is 7.37. The molecule has 0 saturated carbocycles. The lowest BCUT2D eigenvalue weighted by Gasteiger charge is -2.19. The van der Waals surface area contributed by atoms with Gasteiger partial charge in [-0.3, -0.25) is 9.69 Å². The number of amides is 1. The third-order valence-corrected chi connectivity index (χ3v) is 5.60. The van der Waals surface area contributed by atoms with Gasteiger partial charge in [0.05, 0.1) is 6.42 Å². The van der Waals surface area contributed by atoms with Crippen molar-refractivity contribution in [2.24, 2.45) is 0 Å². The van der Waals surface area contributed by atoms with Gasteiger partial charge in [-0.2, -0.15) is 4.98 Å². The molecule has 0 unspecified atom stereocenters. The van der Waals surface area contributed by atoms with E-state index < -0.39 is 0 Å². The van der Waals surface area contributed by atoms with Gasteiger partial charge >= 0.3 is 0 Å². The first-order chi connectivity index (χ1) is 14.6. The van der Waals surface area contributed by atoms with Crippen LogP contribution in [0.4, 0.5) is 0 Å². The van der Waals surface area contributed by atoms with Crippen LogP contribution in [0.25, 0.3) is 5.78 Å². The number of hydrogen-bond acceptors (Lipinski definition) is 5. The Balaban J connectivity index is 1.29. The van der Waals surface area contributed by atoms with Crippen molar-refractivity contribution >= 4 is 11.7 Å². The number of carbonyl (C=O) groups is 1. The highest BCUT2D eigenvalue weighted by Gasteiger charge is 2.12. The lowest BCUT2D eigenvalue weighted by Crippen LogP contribution is -2.25. The third-order valence-electron chi connectivity index (χ3n) is 5.60. The van der Waals surface area contributed by atoms with E-state index in [1.54, 1.807) is 4.52 Å². The Morgan fingerprint density at radius 1 is 1.00 bits per heavy atom. The summed E-state index contributed by atoms with van der Waals surface area (Å²) in [6.45, 7) is 7.79. The van der Waals surface area contributed by atoms with Crippen molar-refractivity contribution in [3.8, 4) is 0 Å². The van der Waals surface area contributed by atoms with E-state index in [0.717, 1.165) is 23.5 Å². The van der Waals surface area contributed by atoms with Gasteiger partial charge in [0.15, 0.2) is 5.82 Å². The van der Waals surface area contributed by atoms with Gasteiger partial charge in [-0.25, -0.2) is 9.50 Å². The average molecular weight is 407 g/mol. The van der Waals surface area contributed by atoms with Crippen molar-refractivity contribution in [3.05, 3.63) is 58.7 Å². The van der Waals surface area contributed by atoms with Crippen LogP contribution in [-0.2, 0) is 24.3 Å². The fourth-order valence-corrected chi connectivity index (χ4v) is 4.00. The van der Waals surface area contributed by atoms with Crippen molar-refractivity contribution < 1.29 is 4.79 Å². The predicted octanol–water partition coefficient (Wildman–Crippen LogP) is 2.98. The minimum atomic E-state index is -0.0890. The number of benzene rings is 1. The average Bonchev–Trinajstić information content (AvgIpc) is 2.94. The molecule has 1 N–H and O–H groups in total. The number of hydrogen-bond donors (Lipinski definition) is 1. The first kappa shape index (κ1) is 20.5. The van der Waals surface area contributed by atoms with Gasteiger partial charge in [0.1, 0.15) is 0 Å². The molecule has 3 aromatic rings. The Hall–Kier alpha value is -2.80. The predicted molar refractivity (Wildman–Crippen MR) is 116 cm³/mol. The Morgan fingerprint density at radius 2 is 1.70 bits per heavy atom. The highest BCUT2D eigenvalue weighted by Crippen LogP contribution is 2.14. The second-order valence-corrected chi connectivity index (χ2v) is 8.24. The van der Waals surface area contributed by atoms with E-state index in [2.05, 4.69) is 49.5 Å². The molecule has 0 radical (unpaired) electrons. The summed E-state index contributed by atoms with van der Waals surface area (Å²) >= 11 is 0. The van der Waals surface area contributed by atoms with Crippen LogP contribution in [0.15, 0.2) is 30.3 Å². The summed E-state index contributed by atoms with van der Waals surface area (Å²) in [5.74, 6) is 0.936. The summed E-state index contributed by atoms with van der Waals surface area (Å²) in [4.78, 5) is 23.6. The topological polar surface area (TPSA) is 75.4 Å². The number of likely N-dealkylation sites (tertiary alicyclic amines) is 1. The molecule has 0 spiro atoms. The fraction of sp³-hybridized carbons (Fsp3) is 0.478. The molecule has 1 fully saturated rings. The van der Waals surface area contributed by atoms with Crippen LogP contribution in [-0.4, -0.2) is 43.5 Å². The Bertz CT molecular complexity index is 1000. The van der Waals surface area contributed by atoms with Gasteiger partial charge in [-0.1, -0.05) is 37.1 Å². The van der Waals surface area contributed by atoms with Crippen molar-refractivity contribution in [1.82, 2.24) is 29.8 Å². The molecular weight excluding hydrogens is 376 g/mol. The van der Waals surface area contributed by atoms with Crippen molar-refractivity contribution in [3.63, 3.8) is 0 Å². The Labute approximate surface area is 177 Å². The van der Waals surface area contributed by atoms with E-state index in [1.165, 1.54) is 44.3 Å². The van der Waals surface area contributed by atoms with Gasteiger partial charge in [0.2, 0.25) is 5.91 Å². The van der Waals surface area contributed by atoms with Crippen LogP contribution >= 0.6 is 0 Å². The SMILES string of the molecule is Cc1cc(C)n2nc(CC(=O)NCc3ccc(CN4CCCCCC4)cc3)nc2n1. The molecule has 0 bridgehead atoms. The standard InChI is InChI=1S/C23H30N6O/c1-17-13-18(2)29-23(25-17)26-21(27-29)14-22(30)24-15-19-7-9-20(10-8-19)16-28-11-5-3-4-6-12-28/h7-10,13H,3-6,11-12,14-16H2,1-2H3,(H,24,30). The van der Waals surface area contributed by atoms with E-state index in [-0.39, 0.29) is 12.3 Å². The highest BCUT2D eigenvalue weighted by atomic mass is 16.1. The maximum Gasteiger partial charge on any atom is 0.252 e. The summed E-state index contributed by atoms with van der Waals surface area (Å²) in [6, 6.07) is 10.5. The second kappa shape index (κ2) is 9.34. The van der Waals surface area contributed by atoms with E-state index >= 15 is 0 Å². The smallest absolute Gasteiger partial charge is 0.252 e. The molecule has 7 heteroatoms. The van der Waals surface area contributed by atoms with E-state index in [4.69, 9.17) is 0 Å². The maximum atomic E-state index is 12.3. The first-order valence-corrected chi connectivity index (χ1v) is 10.8. The molecule has 1 amide bonds. The normalized spacial score (nSPS) is 15.3. The third kappa shape index (κ3) is 5.21. The zero-order chi connectivity index (χ0) is 20.9. The molecule has 158 valence electrons. The molecule has 1 aromatic carbocycles. The van der Waals surface area contributed by atoms with Crippen LogP contribution in [0, 0.1) is 13.8 Å². The Morgan fingerprint density at radius 3 is 2.43 bits per heavy atom. The van der Waals surface area contributed by atoms with Crippen molar-refractivity contribution in [1.29, 1.82) is 0 Å². The molecule has 1 saturated heterocycles. The molecule has 1 aliphatic rings.